The Morgan fingerprint density at radius 3 is 2.82 bits per heavy atom. The van der Waals surface area contributed by atoms with Gasteiger partial charge in [-0.15, -0.1) is 0 Å². The van der Waals surface area contributed by atoms with Crippen LogP contribution in [0.1, 0.15) is 37.0 Å². The molecule has 3 N–H and O–H groups in total. The van der Waals surface area contributed by atoms with Crippen LogP contribution in [0, 0.1) is 11.8 Å². The van der Waals surface area contributed by atoms with Crippen molar-refractivity contribution < 1.29 is 4.79 Å². The van der Waals surface area contributed by atoms with Gasteiger partial charge in [0.15, 0.2) is 0 Å². The molecule has 2 rings (SSSR count). The Hall–Kier alpha value is -1.58. The van der Waals surface area contributed by atoms with Gasteiger partial charge in [0, 0.05) is 12.2 Å². The topological polar surface area (TPSA) is 68.0 Å². The lowest BCUT2D eigenvalue weighted by Crippen LogP contribution is -2.37. The monoisotopic (exact) mass is 233 g/mol. The molecule has 0 aliphatic heterocycles. The van der Waals surface area contributed by atoms with Gasteiger partial charge >= 0.3 is 0 Å². The van der Waals surface area contributed by atoms with Crippen LogP contribution in [-0.2, 0) is 0 Å². The number of nitrogens with one attached hydrogen (secondary N) is 1. The maximum absolute atomic E-state index is 12.1. The Kier molecular flexibility index (Phi) is 3.31. The van der Waals surface area contributed by atoms with Crippen molar-refractivity contribution in [3.8, 4) is 0 Å². The van der Waals surface area contributed by atoms with Crippen LogP contribution in [0.15, 0.2) is 18.5 Å². The number of rotatable bonds is 2. The fourth-order valence-electron chi connectivity index (χ4n) is 2.43. The van der Waals surface area contributed by atoms with Crippen molar-refractivity contribution in [2.24, 2.45) is 11.8 Å². The minimum atomic E-state index is -0.0872. The van der Waals surface area contributed by atoms with Crippen molar-refractivity contribution in [2.45, 2.75) is 32.7 Å². The highest BCUT2D eigenvalue weighted by molar-refractivity contribution is 5.99. The molecule has 1 aromatic rings. The van der Waals surface area contributed by atoms with Gasteiger partial charge in [0.1, 0.15) is 0 Å². The minimum absolute atomic E-state index is 0.0872. The van der Waals surface area contributed by atoms with Crippen molar-refractivity contribution in [1.29, 1.82) is 0 Å². The maximum atomic E-state index is 12.1. The number of nitrogens with two attached hydrogens (primary N) is 1. The highest BCUT2D eigenvalue weighted by atomic mass is 16.1. The predicted molar refractivity (Wildman–Crippen MR) is 67.5 cm³/mol. The summed E-state index contributed by atoms with van der Waals surface area (Å²) in [5, 5.41) is 3.07. The van der Waals surface area contributed by atoms with E-state index in [-0.39, 0.29) is 11.9 Å². The molecule has 4 heteroatoms. The smallest absolute Gasteiger partial charge is 0.253 e. The third-order valence-corrected chi connectivity index (χ3v) is 3.88. The second kappa shape index (κ2) is 4.73. The van der Waals surface area contributed by atoms with Crippen molar-refractivity contribution in [2.75, 3.05) is 5.73 Å². The van der Waals surface area contributed by atoms with Gasteiger partial charge in [-0.25, -0.2) is 0 Å². The lowest BCUT2D eigenvalue weighted by Gasteiger charge is -2.20. The summed E-state index contributed by atoms with van der Waals surface area (Å²) in [6.07, 6.45) is 5.33. The number of amides is 1. The molecule has 1 aliphatic carbocycles. The highest BCUT2D eigenvalue weighted by Crippen LogP contribution is 2.31. The lowest BCUT2D eigenvalue weighted by molar-refractivity contribution is 0.0928. The summed E-state index contributed by atoms with van der Waals surface area (Å²) in [6.45, 7) is 4.43. The van der Waals surface area contributed by atoms with Gasteiger partial charge in [0.05, 0.1) is 17.4 Å². The molecule has 1 heterocycles. The second-order valence-electron chi connectivity index (χ2n) is 4.96. The Bertz CT molecular complexity index is 419. The van der Waals surface area contributed by atoms with Crippen LogP contribution in [0.4, 0.5) is 5.69 Å². The van der Waals surface area contributed by atoms with Gasteiger partial charge < -0.3 is 11.1 Å². The molecule has 1 fully saturated rings. The number of anilines is 1. The summed E-state index contributed by atoms with van der Waals surface area (Å²) in [5.74, 6) is 1.12. The van der Waals surface area contributed by atoms with E-state index < -0.39 is 0 Å². The second-order valence-corrected chi connectivity index (χ2v) is 4.96. The summed E-state index contributed by atoms with van der Waals surface area (Å²) in [5.41, 5.74) is 6.69. The Morgan fingerprint density at radius 2 is 2.24 bits per heavy atom. The van der Waals surface area contributed by atoms with Crippen LogP contribution in [-0.4, -0.2) is 16.9 Å². The summed E-state index contributed by atoms with van der Waals surface area (Å²) in [4.78, 5) is 15.9. The van der Waals surface area contributed by atoms with E-state index in [2.05, 4.69) is 24.1 Å². The molecule has 92 valence electrons. The molecule has 0 bridgehead atoms. The number of nitrogen functional groups attached to an aromatic ring is 1. The third kappa shape index (κ3) is 2.40. The molecule has 4 nitrogen and oxygen atoms in total. The average molecular weight is 233 g/mol. The van der Waals surface area contributed by atoms with Crippen LogP contribution < -0.4 is 11.1 Å². The zero-order chi connectivity index (χ0) is 12.4. The van der Waals surface area contributed by atoms with E-state index >= 15 is 0 Å². The summed E-state index contributed by atoms with van der Waals surface area (Å²) in [6, 6.07) is 1.93. The van der Waals surface area contributed by atoms with E-state index in [1.165, 1.54) is 12.6 Å². The van der Waals surface area contributed by atoms with Crippen molar-refractivity contribution in [1.82, 2.24) is 10.3 Å². The molecule has 1 saturated carbocycles. The van der Waals surface area contributed by atoms with Crippen molar-refractivity contribution >= 4 is 11.6 Å². The summed E-state index contributed by atoms with van der Waals surface area (Å²) >= 11 is 0. The molecule has 0 saturated heterocycles. The Labute approximate surface area is 102 Å². The maximum Gasteiger partial charge on any atom is 0.253 e. The summed E-state index contributed by atoms with van der Waals surface area (Å²) < 4.78 is 0. The van der Waals surface area contributed by atoms with Crippen LogP contribution >= 0.6 is 0 Å². The van der Waals surface area contributed by atoms with Crippen LogP contribution in [0.25, 0.3) is 0 Å². The van der Waals surface area contributed by atoms with Crippen LogP contribution in [0.3, 0.4) is 0 Å². The van der Waals surface area contributed by atoms with Gasteiger partial charge in [-0.1, -0.05) is 13.8 Å². The molecule has 1 aromatic heterocycles. The molecule has 0 spiro atoms. The fraction of sp³-hybridized carbons (Fsp3) is 0.538. The fourth-order valence-corrected chi connectivity index (χ4v) is 2.43. The molecule has 1 aliphatic rings. The first-order chi connectivity index (χ1) is 8.09. The Balaban J connectivity index is 2.05. The first kappa shape index (κ1) is 11.9. The molecule has 3 unspecified atom stereocenters. The standard InChI is InChI=1S/C13H19N3O/c1-8-3-4-12(9(8)2)16-13(17)10-5-6-15-7-11(10)14/h5-9,12H,3-4,14H2,1-2H3,(H,16,17). The first-order valence-electron chi connectivity index (χ1n) is 6.10. The van der Waals surface area contributed by atoms with Crippen LogP contribution in [0.2, 0.25) is 0 Å². The van der Waals surface area contributed by atoms with Gasteiger partial charge in [-0.2, -0.15) is 0 Å². The highest BCUT2D eigenvalue weighted by Gasteiger charge is 2.31. The van der Waals surface area contributed by atoms with Crippen molar-refractivity contribution in [3.63, 3.8) is 0 Å². The predicted octanol–water partition coefficient (Wildman–Crippen LogP) is 1.83. The van der Waals surface area contributed by atoms with Gasteiger partial charge in [0.25, 0.3) is 5.91 Å². The SMILES string of the molecule is CC1CCC(NC(=O)c2ccncc2N)C1C. The quantitative estimate of drug-likeness (QED) is 0.818. The number of hydrogen-bond acceptors (Lipinski definition) is 3. The molecule has 1 amide bonds. The number of pyridine rings is 1. The van der Waals surface area contributed by atoms with E-state index in [0.29, 0.717) is 23.1 Å². The molecule has 0 radical (unpaired) electrons. The molecular weight excluding hydrogens is 214 g/mol. The van der Waals surface area contributed by atoms with E-state index in [1.807, 2.05) is 0 Å². The number of nitrogens with zero attached hydrogens (tertiary/aromatic N) is 1. The minimum Gasteiger partial charge on any atom is -0.397 e. The van der Waals surface area contributed by atoms with Gasteiger partial charge in [-0.05, 0) is 30.7 Å². The number of aromatic nitrogens is 1. The number of carbonyl (C=O) groups is 1. The largest absolute Gasteiger partial charge is 0.397 e. The van der Waals surface area contributed by atoms with E-state index in [9.17, 15) is 4.79 Å². The van der Waals surface area contributed by atoms with E-state index in [0.717, 1.165) is 6.42 Å². The van der Waals surface area contributed by atoms with Crippen LogP contribution in [0.5, 0.6) is 0 Å². The van der Waals surface area contributed by atoms with E-state index in [4.69, 9.17) is 5.73 Å². The number of carbonyl (C=O) groups excluding carboxylic acids is 1. The first-order valence-corrected chi connectivity index (χ1v) is 6.10. The zero-order valence-corrected chi connectivity index (χ0v) is 10.3. The molecule has 3 atom stereocenters. The van der Waals surface area contributed by atoms with Gasteiger partial charge in [-0.3, -0.25) is 9.78 Å². The normalized spacial score (nSPS) is 28.0. The van der Waals surface area contributed by atoms with Gasteiger partial charge in [0.2, 0.25) is 0 Å². The molecule has 17 heavy (non-hydrogen) atoms. The van der Waals surface area contributed by atoms with Crippen molar-refractivity contribution in [3.05, 3.63) is 24.0 Å². The Morgan fingerprint density at radius 1 is 1.47 bits per heavy atom. The lowest BCUT2D eigenvalue weighted by atomic mass is 9.97. The van der Waals surface area contributed by atoms with E-state index in [1.54, 1.807) is 12.3 Å². The number of hydrogen-bond donors (Lipinski definition) is 2. The average Bonchev–Trinajstić information content (AvgIpc) is 2.61. The molecule has 0 aromatic carbocycles. The molecular formula is C13H19N3O. The third-order valence-electron chi connectivity index (χ3n) is 3.88. The zero-order valence-electron chi connectivity index (χ0n) is 10.3. The summed E-state index contributed by atoms with van der Waals surface area (Å²) in [7, 11) is 0.